The first-order valence-corrected chi connectivity index (χ1v) is 6.88. The first kappa shape index (κ1) is 11.6. The van der Waals surface area contributed by atoms with Crippen LogP contribution < -0.4 is 5.73 Å². The van der Waals surface area contributed by atoms with Gasteiger partial charge in [0.25, 0.3) is 0 Å². The van der Waals surface area contributed by atoms with Gasteiger partial charge in [0.15, 0.2) is 10.8 Å². The van der Waals surface area contributed by atoms with Gasteiger partial charge in [-0.3, -0.25) is 0 Å². The smallest absolute Gasteiger partial charge is 0.235 e. The minimum atomic E-state index is 0.399. The topological polar surface area (TPSA) is 78.3 Å². The van der Waals surface area contributed by atoms with Crippen LogP contribution in [0.25, 0.3) is 14.8 Å². The summed E-state index contributed by atoms with van der Waals surface area (Å²) in [5.74, 6) is 0.706. The number of hydrogen-bond donors (Lipinski definition) is 1. The zero-order valence-corrected chi connectivity index (χ0v) is 11.5. The molecule has 0 unspecified atom stereocenters. The van der Waals surface area contributed by atoms with Crippen molar-refractivity contribution in [3.8, 4) is 9.88 Å². The van der Waals surface area contributed by atoms with E-state index in [0.29, 0.717) is 12.4 Å². The van der Waals surface area contributed by atoms with E-state index in [1.165, 1.54) is 22.7 Å². The zero-order chi connectivity index (χ0) is 12.7. The largest absolute Gasteiger partial charge is 0.391 e. The van der Waals surface area contributed by atoms with E-state index in [2.05, 4.69) is 15.3 Å². The number of aromatic nitrogens is 4. The Kier molecular flexibility index (Phi) is 2.77. The van der Waals surface area contributed by atoms with Crippen LogP contribution in [0.2, 0.25) is 0 Å². The van der Waals surface area contributed by atoms with Gasteiger partial charge in [-0.25, -0.2) is 0 Å². The van der Waals surface area contributed by atoms with Crippen LogP contribution in [0.4, 0.5) is 5.00 Å². The van der Waals surface area contributed by atoms with Gasteiger partial charge in [-0.2, -0.15) is 9.61 Å². The van der Waals surface area contributed by atoms with Crippen LogP contribution in [0.15, 0.2) is 6.07 Å². The maximum absolute atomic E-state index is 5.80. The Morgan fingerprint density at radius 3 is 2.89 bits per heavy atom. The molecule has 94 valence electrons. The van der Waals surface area contributed by atoms with Gasteiger partial charge in [-0.15, -0.1) is 21.5 Å². The molecule has 0 aliphatic carbocycles. The number of fused-ring (bicyclic) bond motifs is 1. The SMILES string of the molecule is COCc1nnc2sc(-c3sc(N)cc3C)nn12. The van der Waals surface area contributed by atoms with Crippen molar-refractivity contribution < 1.29 is 4.74 Å². The summed E-state index contributed by atoms with van der Waals surface area (Å²) in [7, 11) is 1.62. The van der Waals surface area contributed by atoms with E-state index in [1.807, 2.05) is 13.0 Å². The maximum Gasteiger partial charge on any atom is 0.235 e. The molecule has 0 aliphatic rings. The van der Waals surface area contributed by atoms with Crippen LogP contribution in [0.3, 0.4) is 0 Å². The van der Waals surface area contributed by atoms with Crippen LogP contribution >= 0.6 is 22.7 Å². The van der Waals surface area contributed by atoms with Gasteiger partial charge in [0.1, 0.15) is 6.61 Å². The van der Waals surface area contributed by atoms with Gasteiger partial charge in [0.2, 0.25) is 4.96 Å². The normalized spacial score (nSPS) is 11.4. The number of aryl methyl sites for hydroxylation is 1. The van der Waals surface area contributed by atoms with E-state index in [4.69, 9.17) is 10.5 Å². The number of nitrogen functional groups attached to an aromatic ring is 1. The van der Waals surface area contributed by atoms with Crippen molar-refractivity contribution in [1.82, 2.24) is 19.8 Å². The number of methoxy groups -OCH3 is 1. The Bertz CT molecular complexity index is 698. The van der Waals surface area contributed by atoms with Crippen LogP contribution in [-0.2, 0) is 11.3 Å². The first-order chi connectivity index (χ1) is 8.69. The summed E-state index contributed by atoms with van der Waals surface area (Å²) < 4.78 is 6.78. The number of hydrogen-bond acceptors (Lipinski definition) is 7. The average molecular weight is 281 g/mol. The fourth-order valence-electron chi connectivity index (χ4n) is 1.69. The number of nitrogens with two attached hydrogens (primary N) is 1. The molecule has 18 heavy (non-hydrogen) atoms. The van der Waals surface area contributed by atoms with Gasteiger partial charge >= 0.3 is 0 Å². The Labute approximate surface area is 111 Å². The summed E-state index contributed by atoms with van der Waals surface area (Å²) >= 11 is 3.04. The Balaban J connectivity index is 2.11. The fourth-order valence-corrected chi connectivity index (χ4v) is 3.62. The summed E-state index contributed by atoms with van der Waals surface area (Å²) in [6, 6.07) is 1.96. The molecule has 0 saturated heterocycles. The average Bonchev–Trinajstić information content (AvgIpc) is 2.95. The second kappa shape index (κ2) is 4.30. The standard InChI is InChI=1S/C10H11N5OS2/c1-5-3-6(11)17-8(5)9-14-15-7(4-16-2)12-13-10(15)18-9/h3H,4,11H2,1-2H3. The molecule has 0 atom stereocenters. The number of ether oxygens (including phenoxy) is 1. The van der Waals surface area contributed by atoms with E-state index < -0.39 is 0 Å². The van der Waals surface area contributed by atoms with Crippen molar-refractivity contribution in [2.75, 3.05) is 12.8 Å². The molecule has 3 heterocycles. The highest BCUT2D eigenvalue weighted by molar-refractivity contribution is 7.25. The van der Waals surface area contributed by atoms with Crippen LogP contribution in [0.5, 0.6) is 0 Å². The van der Waals surface area contributed by atoms with Gasteiger partial charge < -0.3 is 10.5 Å². The number of nitrogens with zero attached hydrogens (tertiary/aromatic N) is 4. The summed E-state index contributed by atoms with van der Waals surface area (Å²) in [6.45, 7) is 2.43. The third kappa shape index (κ3) is 1.78. The molecule has 0 bridgehead atoms. The molecular formula is C10H11N5OS2. The van der Waals surface area contributed by atoms with Gasteiger partial charge in [0.05, 0.1) is 9.88 Å². The van der Waals surface area contributed by atoms with Crippen molar-refractivity contribution in [3.63, 3.8) is 0 Å². The molecule has 0 spiro atoms. The molecule has 6 nitrogen and oxygen atoms in total. The minimum Gasteiger partial charge on any atom is -0.391 e. The Morgan fingerprint density at radius 1 is 1.39 bits per heavy atom. The molecule has 0 aliphatic heterocycles. The Hall–Kier alpha value is -1.51. The summed E-state index contributed by atoms with van der Waals surface area (Å²) in [4.78, 5) is 1.86. The van der Waals surface area contributed by atoms with E-state index in [1.54, 1.807) is 11.6 Å². The summed E-state index contributed by atoms with van der Waals surface area (Å²) in [6.07, 6.45) is 0. The molecule has 0 amide bonds. The second-order valence-corrected chi connectivity index (χ2v) is 5.85. The van der Waals surface area contributed by atoms with E-state index >= 15 is 0 Å². The molecular weight excluding hydrogens is 270 g/mol. The fraction of sp³-hybridized carbons (Fsp3) is 0.300. The minimum absolute atomic E-state index is 0.399. The highest BCUT2D eigenvalue weighted by Crippen LogP contribution is 2.36. The van der Waals surface area contributed by atoms with Crippen LogP contribution in [-0.4, -0.2) is 26.9 Å². The number of thiophene rings is 1. The molecule has 2 N–H and O–H groups in total. The summed E-state index contributed by atoms with van der Waals surface area (Å²) in [5.41, 5.74) is 6.94. The van der Waals surface area contributed by atoms with Gasteiger partial charge in [-0.05, 0) is 18.6 Å². The third-order valence-corrected chi connectivity index (χ3v) is 4.58. The predicted octanol–water partition coefficient (Wildman–Crippen LogP) is 1.95. The maximum atomic E-state index is 5.80. The molecule has 3 aromatic rings. The molecule has 8 heteroatoms. The van der Waals surface area contributed by atoms with Gasteiger partial charge in [0, 0.05) is 7.11 Å². The van der Waals surface area contributed by atoms with Crippen LogP contribution in [0.1, 0.15) is 11.4 Å². The lowest BCUT2D eigenvalue weighted by Gasteiger charge is -1.93. The van der Waals surface area contributed by atoms with Crippen molar-refractivity contribution >= 4 is 32.6 Å². The van der Waals surface area contributed by atoms with E-state index in [-0.39, 0.29) is 0 Å². The molecule has 0 radical (unpaired) electrons. The lowest BCUT2D eigenvalue weighted by atomic mass is 10.3. The lowest BCUT2D eigenvalue weighted by molar-refractivity contribution is 0.176. The zero-order valence-electron chi connectivity index (χ0n) is 9.88. The number of rotatable bonds is 3. The van der Waals surface area contributed by atoms with E-state index in [9.17, 15) is 0 Å². The molecule has 3 aromatic heterocycles. The molecule has 0 fully saturated rings. The summed E-state index contributed by atoms with van der Waals surface area (Å²) in [5, 5.41) is 14.3. The molecule has 0 saturated carbocycles. The predicted molar refractivity (Wildman–Crippen MR) is 71.8 cm³/mol. The van der Waals surface area contributed by atoms with E-state index in [0.717, 1.165) is 25.4 Å². The van der Waals surface area contributed by atoms with Crippen molar-refractivity contribution in [2.24, 2.45) is 0 Å². The van der Waals surface area contributed by atoms with Crippen molar-refractivity contribution in [2.45, 2.75) is 13.5 Å². The van der Waals surface area contributed by atoms with Crippen molar-refractivity contribution in [3.05, 3.63) is 17.5 Å². The number of anilines is 1. The first-order valence-electron chi connectivity index (χ1n) is 5.25. The lowest BCUT2D eigenvalue weighted by Crippen LogP contribution is -1.97. The molecule has 3 rings (SSSR count). The van der Waals surface area contributed by atoms with Crippen molar-refractivity contribution in [1.29, 1.82) is 0 Å². The Morgan fingerprint density at radius 2 is 2.22 bits per heavy atom. The highest BCUT2D eigenvalue weighted by Gasteiger charge is 2.15. The monoisotopic (exact) mass is 281 g/mol. The van der Waals surface area contributed by atoms with Gasteiger partial charge in [-0.1, -0.05) is 11.3 Å². The highest BCUT2D eigenvalue weighted by atomic mass is 32.1. The third-order valence-electron chi connectivity index (χ3n) is 2.46. The van der Waals surface area contributed by atoms with Crippen LogP contribution in [0, 0.1) is 6.92 Å². The molecule has 0 aromatic carbocycles. The second-order valence-electron chi connectivity index (χ2n) is 3.81. The quantitative estimate of drug-likeness (QED) is 0.794.